The topological polar surface area (TPSA) is 40.6 Å². The standard InChI is InChI=1S/C22H28N2O2S2/c1-17-11-14-23(15-12-17)20(25)10-6-3-7-13-24-21(26)19(28-22(24)27)16-18-8-4-2-5-9-18/h2,4-5,8-9,16-17H,3,6-7,10-15H2,1H3/b19-16-. The molecule has 0 aliphatic carbocycles. The van der Waals surface area contributed by atoms with Crippen LogP contribution in [0, 0.1) is 5.92 Å². The molecule has 0 bridgehead atoms. The third kappa shape index (κ3) is 5.67. The molecule has 2 saturated heterocycles. The van der Waals surface area contributed by atoms with Crippen molar-refractivity contribution in [2.45, 2.75) is 45.4 Å². The van der Waals surface area contributed by atoms with Crippen LogP contribution in [0.2, 0.25) is 0 Å². The van der Waals surface area contributed by atoms with Crippen LogP contribution < -0.4 is 0 Å². The van der Waals surface area contributed by atoms with Gasteiger partial charge in [0, 0.05) is 26.1 Å². The van der Waals surface area contributed by atoms with E-state index < -0.39 is 0 Å². The van der Waals surface area contributed by atoms with Gasteiger partial charge in [0.05, 0.1) is 4.91 Å². The number of thioether (sulfide) groups is 1. The Morgan fingerprint density at radius 2 is 1.89 bits per heavy atom. The van der Waals surface area contributed by atoms with Gasteiger partial charge in [-0.1, -0.05) is 67.7 Å². The summed E-state index contributed by atoms with van der Waals surface area (Å²) in [6.07, 6.45) is 7.44. The minimum Gasteiger partial charge on any atom is -0.343 e. The molecule has 6 heteroatoms. The maximum absolute atomic E-state index is 12.6. The molecule has 0 unspecified atom stereocenters. The van der Waals surface area contributed by atoms with Crippen molar-refractivity contribution in [2.75, 3.05) is 19.6 Å². The van der Waals surface area contributed by atoms with Crippen LogP contribution in [0.1, 0.15) is 51.0 Å². The molecule has 0 aromatic heterocycles. The maximum atomic E-state index is 12.6. The Hall–Kier alpha value is -1.66. The van der Waals surface area contributed by atoms with Gasteiger partial charge in [-0.2, -0.15) is 0 Å². The van der Waals surface area contributed by atoms with Crippen LogP contribution in [0.3, 0.4) is 0 Å². The number of likely N-dealkylation sites (tertiary alicyclic amines) is 1. The van der Waals surface area contributed by atoms with Crippen LogP contribution in [0.5, 0.6) is 0 Å². The quantitative estimate of drug-likeness (QED) is 0.367. The van der Waals surface area contributed by atoms with Crippen LogP contribution in [0.4, 0.5) is 0 Å². The summed E-state index contributed by atoms with van der Waals surface area (Å²) in [5.41, 5.74) is 1.01. The molecule has 1 aromatic carbocycles. The normalized spacial score (nSPS) is 19.7. The average molecular weight is 417 g/mol. The van der Waals surface area contributed by atoms with E-state index in [0.29, 0.717) is 22.2 Å². The van der Waals surface area contributed by atoms with Gasteiger partial charge in [0.25, 0.3) is 5.91 Å². The summed E-state index contributed by atoms with van der Waals surface area (Å²) >= 11 is 6.76. The summed E-state index contributed by atoms with van der Waals surface area (Å²) in [5, 5.41) is 0. The second kappa shape index (κ2) is 10.2. The first-order valence-corrected chi connectivity index (χ1v) is 11.4. The number of rotatable bonds is 7. The lowest BCUT2D eigenvalue weighted by molar-refractivity contribution is -0.132. The summed E-state index contributed by atoms with van der Waals surface area (Å²) in [6.45, 7) is 4.70. The highest BCUT2D eigenvalue weighted by Crippen LogP contribution is 2.32. The third-order valence-corrected chi connectivity index (χ3v) is 6.76. The van der Waals surface area contributed by atoms with E-state index in [0.717, 1.165) is 56.7 Å². The second-order valence-corrected chi connectivity index (χ2v) is 9.29. The average Bonchev–Trinajstić information content (AvgIpc) is 2.96. The largest absolute Gasteiger partial charge is 0.343 e. The first-order chi connectivity index (χ1) is 13.5. The van der Waals surface area contributed by atoms with Crippen LogP contribution in [-0.4, -0.2) is 45.6 Å². The van der Waals surface area contributed by atoms with Gasteiger partial charge >= 0.3 is 0 Å². The van der Waals surface area contributed by atoms with Crippen molar-refractivity contribution in [2.24, 2.45) is 5.92 Å². The van der Waals surface area contributed by atoms with Gasteiger partial charge in [0.15, 0.2) is 0 Å². The first kappa shape index (κ1) is 21.1. The van der Waals surface area contributed by atoms with Crippen molar-refractivity contribution in [3.05, 3.63) is 40.8 Å². The number of carbonyl (C=O) groups is 2. The van der Waals surface area contributed by atoms with E-state index >= 15 is 0 Å². The van der Waals surface area contributed by atoms with E-state index in [1.165, 1.54) is 11.8 Å². The van der Waals surface area contributed by atoms with Crippen molar-refractivity contribution < 1.29 is 9.59 Å². The molecule has 2 aliphatic heterocycles. The molecule has 0 atom stereocenters. The number of thiocarbonyl (C=S) groups is 1. The zero-order valence-corrected chi connectivity index (χ0v) is 18.1. The highest BCUT2D eigenvalue weighted by molar-refractivity contribution is 8.26. The second-order valence-electron chi connectivity index (χ2n) is 7.62. The van der Waals surface area contributed by atoms with Gasteiger partial charge in [-0.15, -0.1) is 0 Å². The molecule has 4 nitrogen and oxygen atoms in total. The molecule has 0 spiro atoms. The Morgan fingerprint density at radius 3 is 2.61 bits per heavy atom. The molecule has 2 aliphatic rings. The van der Waals surface area contributed by atoms with Gasteiger partial charge in [0.1, 0.15) is 4.32 Å². The lowest BCUT2D eigenvalue weighted by Crippen LogP contribution is -2.37. The Labute approximate surface area is 177 Å². The SMILES string of the molecule is CC1CCN(C(=O)CCCCCN2C(=O)/C(=C/c3ccccc3)SC2=S)CC1. The van der Waals surface area contributed by atoms with Gasteiger partial charge < -0.3 is 4.90 Å². The summed E-state index contributed by atoms with van der Waals surface area (Å²) in [7, 11) is 0. The molecule has 0 saturated carbocycles. The summed E-state index contributed by atoms with van der Waals surface area (Å²) < 4.78 is 0.630. The van der Waals surface area contributed by atoms with Crippen molar-refractivity contribution in [3.63, 3.8) is 0 Å². The highest BCUT2D eigenvalue weighted by Gasteiger charge is 2.31. The number of hydrogen-bond acceptors (Lipinski definition) is 4. The fraction of sp³-hybridized carbons (Fsp3) is 0.500. The zero-order valence-electron chi connectivity index (χ0n) is 16.4. The molecular weight excluding hydrogens is 388 g/mol. The molecule has 28 heavy (non-hydrogen) atoms. The molecule has 150 valence electrons. The summed E-state index contributed by atoms with van der Waals surface area (Å²) in [6, 6.07) is 9.83. The smallest absolute Gasteiger partial charge is 0.266 e. The van der Waals surface area contributed by atoms with E-state index in [2.05, 4.69) is 6.92 Å². The molecule has 1 aromatic rings. The van der Waals surface area contributed by atoms with E-state index in [4.69, 9.17) is 12.2 Å². The number of nitrogens with zero attached hydrogens (tertiary/aromatic N) is 2. The predicted octanol–water partition coefficient (Wildman–Crippen LogP) is 4.71. The van der Waals surface area contributed by atoms with Gasteiger partial charge in [-0.05, 0) is 43.2 Å². The van der Waals surface area contributed by atoms with Crippen molar-refractivity contribution >= 4 is 46.2 Å². The molecular formula is C22H28N2O2S2. The highest BCUT2D eigenvalue weighted by atomic mass is 32.2. The molecule has 2 fully saturated rings. The maximum Gasteiger partial charge on any atom is 0.266 e. The fourth-order valence-corrected chi connectivity index (χ4v) is 4.84. The van der Waals surface area contributed by atoms with Crippen LogP contribution in [0.25, 0.3) is 6.08 Å². The van der Waals surface area contributed by atoms with Crippen molar-refractivity contribution in [1.82, 2.24) is 9.80 Å². The predicted molar refractivity (Wildman–Crippen MR) is 120 cm³/mol. The Morgan fingerprint density at radius 1 is 1.18 bits per heavy atom. The Balaban J connectivity index is 1.39. The number of hydrogen-bond donors (Lipinski definition) is 0. The van der Waals surface area contributed by atoms with Gasteiger partial charge in [-0.3, -0.25) is 14.5 Å². The third-order valence-electron chi connectivity index (χ3n) is 5.38. The van der Waals surface area contributed by atoms with Gasteiger partial charge in [0.2, 0.25) is 5.91 Å². The zero-order chi connectivity index (χ0) is 19.9. The van der Waals surface area contributed by atoms with Crippen LogP contribution >= 0.6 is 24.0 Å². The number of unbranched alkanes of at least 4 members (excludes halogenated alkanes) is 2. The Bertz CT molecular complexity index is 740. The lowest BCUT2D eigenvalue weighted by Gasteiger charge is -2.30. The molecule has 0 N–H and O–H groups in total. The number of amides is 2. The fourth-order valence-electron chi connectivity index (χ4n) is 3.53. The van der Waals surface area contributed by atoms with E-state index in [1.807, 2.05) is 41.3 Å². The molecule has 2 amide bonds. The van der Waals surface area contributed by atoms with Gasteiger partial charge in [-0.25, -0.2) is 0 Å². The lowest BCUT2D eigenvalue weighted by atomic mass is 9.99. The minimum atomic E-state index is -0.00244. The van der Waals surface area contributed by atoms with Crippen LogP contribution in [0.15, 0.2) is 35.2 Å². The van der Waals surface area contributed by atoms with Crippen molar-refractivity contribution in [3.8, 4) is 0 Å². The van der Waals surface area contributed by atoms with E-state index in [-0.39, 0.29) is 11.8 Å². The number of piperidine rings is 1. The first-order valence-electron chi connectivity index (χ1n) is 10.1. The van der Waals surface area contributed by atoms with Crippen LogP contribution in [-0.2, 0) is 9.59 Å². The van der Waals surface area contributed by atoms with E-state index in [1.54, 1.807) is 4.90 Å². The summed E-state index contributed by atoms with van der Waals surface area (Å²) in [5.74, 6) is 1.02. The number of benzene rings is 1. The minimum absolute atomic E-state index is 0.00244. The molecule has 0 radical (unpaired) electrons. The molecule has 3 rings (SSSR count). The monoisotopic (exact) mass is 416 g/mol. The van der Waals surface area contributed by atoms with Crippen molar-refractivity contribution in [1.29, 1.82) is 0 Å². The summed E-state index contributed by atoms with van der Waals surface area (Å²) in [4.78, 5) is 29.3. The number of carbonyl (C=O) groups excluding carboxylic acids is 2. The molecule has 2 heterocycles. The van der Waals surface area contributed by atoms with E-state index in [9.17, 15) is 9.59 Å². The Kier molecular flexibility index (Phi) is 7.68.